The number of esters is 1. The number of carboxylic acids is 1. The molecule has 12 heteroatoms. The fourth-order valence-corrected chi connectivity index (χ4v) is 6.01. The number of pyridine rings is 1. The molecule has 0 aliphatic rings. The summed E-state index contributed by atoms with van der Waals surface area (Å²) in [5.74, 6) is -2.15. The third kappa shape index (κ3) is 8.25. The van der Waals surface area contributed by atoms with Gasteiger partial charge in [0, 0.05) is 10.1 Å². The number of hydrogen-bond acceptors (Lipinski definition) is 10. The van der Waals surface area contributed by atoms with E-state index in [9.17, 15) is 19.9 Å². The SMILES string of the molecule is COC(=O)C(O/N=C(\C(=O)O)c1csc(C)n1)c1cc(OC(c2ccccc2)c2ccccc2)c(OC(c2ccccc2)c2ccccc2)c[n+]1O. The summed E-state index contributed by atoms with van der Waals surface area (Å²) >= 11 is 1.22. The highest BCUT2D eigenvalue weighted by molar-refractivity contribution is 7.09. The molecule has 262 valence electrons. The predicted molar refractivity (Wildman–Crippen MR) is 191 cm³/mol. The number of carbonyl (C=O) groups excluding carboxylic acids is 1. The Morgan fingerprint density at radius 3 is 1.62 bits per heavy atom. The number of thiazole rings is 1. The van der Waals surface area contributed by atoms with Crippen LogP contribution in [0.25, 0.3) is 0 Å². The van der Waals surface area contributed by atoms with Crippen molar-refractivity contribution in [3.63, 3.8) is 0 Å². The largest absolute Gasteiger partial charge is 0.477 e. The van der Waals surface area contributed by atoms with Gasteiger partial charge in [0.05, 0.1) is 18.2 Å². The van der Waals surface area contributed by atoms with E-state index in [0.717, 1.165) is 29.4 Å². The Hall–Kier alpha value is -6.53. The average molecular weight is 717 g/mol. The Balaban J connectivity index is 1.49. The van der Waals surface area contributed by atoms with Gasteiger partial charge in [0.25, 0.3) is 11.9 Å². The molecule has 4 aromatic carbocycles. The van der Waals surface area contributed by atoms with Crippen molar-refractivity contribution in [3.8, 4) is 11.5 Å². The quantitative estimate of drug-likeness (QED) is 0.0400. The zero-order valence-electron chi connectivity index (χ0n) is 28.1. The van der Waals surface area contributed by atoms with E-state index in [2.05, 4.69) is 10.1 Å². The van der Waals surface area contributed by atoms with Crippen molar-refractivity contribution in [3.05, 3.63) is 178 Å². The Morgan fingerprint density at radius 2 is 1.21 bits per heavy atom. The van der Waals surface area contributed by atoms with Gasteiger partial charge in [-0.25, -0.2) is 14.6 Å². The third-order valence-electron chi connectivity index (χ3n) is 7.92. The van der Waals surface area contributed by atoms with Crippen LogP contribution in [0, 0.1) is 6.92 Å². The number of methoxy groups -OCH3 is 1. The number of aliphatic carboxylic acids is 1. The maximum absolute atomic E-state index is 13.2. The van der Waals surface area contributed by atoms with Gasteiger partial charge < -0.3 is 24.2 Å². The zero-order chi connectivity index (χ0) is 36.5. The lowest BCUT2D eigenvalue weighted by Crippen LogP contribution is -2.39. The minimum absolute atomic E-state index is 0.0460. The molecule has 11 nitrogen and oxygen atoms in total. The molecule has 6 rings (SSSR count). The summed E-state index contributed by atoms with van der Waals surface area (Å²) in [4.78, 5) is 35.1. The lowest BCUT2D eigenvalue weighted by molar-refractivity contribution is -0.911. The molecule has 0 spiro atoms. The molecule has 0 bridgehead atoms. The van der Waals surface area contributed by atoms with Crippen LogP contribution < -0.4 is 14.2 Å². The van der Waals surface area contributed by atoms with Crippen molar-refractivity contribution in [2.75, 3.05) is 7.11 Å². The van der Waals surface area contributed by atoms with Crippen LogP contribution >= 0.6 is 11.3 Å². The number of benzene rings is 4. The summed E-state index contributed by atoms with van der Waals surface area (Å²) in [5, 5.41) is 27.3. The second-order valence-corrected chi connectivity index (χ2v) is 12.5. The van der Waals surface area contributed by atoms with Gasteiger partial charge in [-0.1, -0.05) is 126 Å². The van der Waals surface area contributed by atoms with Crippen molar-refractivity contribution < 1.29 is 43.7 Å². The number of carbonyl (C=O) groups is 2. The molecule has 1 atom stereocenters. The Kier molecular flexibility index (Phi) is 11.2. The lowest BCUT2D eigenvalue weighted by atomic mass is 10.0. The molecule has 0 amide bonds. The van der Waals surface area contributed by atoms with Gasteiger partial charge in [-0.15, -0.1) is 11.3 Å². The summed E-state index contributed by atoms with van der Waals surface area (Å²) in [6.07, 6.45) is -1.80. The first-order valence-corrected chi connectivity index (χ1v) is 17.0. The van der Waals surface area contributed by atoms with E-state index in [1.807, 2.05) is 121 Å². The standard InChI is InChI=1S/C40H33N3O8S/c1-26-41-31(25-52-26)35(39(44)45)42-51-38(40(46)48-2)32-23-33(49-36(27-15-7-3-8-16-27)28-17-9-4-10-18-28)34(24-43(32)47)50-37(29-19-11-5-12-20-29)30-21-13-6-14-22-30/h3-25,36-38H,1-2H3,(H-,44,45,47)/p+1/b42-35-. The number of carboxylic acid groups (broad SMARTS) is 1. The maximum Gasteiger partial charge on any atom is 0.361 e. The number of rotatable bonds is 14. The molecule has 6 aromatic rings. The van der Waals surface area contributed by atoms with E-state index in [0.29, 0.717) is 9.74 Å². The summed E-state index contributed by atoms with van der Waals surface area (Å²) in [7, 11) is 1.13. The number of hydrogen-bond donors (Lipinski definition) is 2. The van der Waals surface area contributed by atoms with Gasteiger partial charge in [0.15, 0.2) is 5.75 Å². The normalized spacial score (nSPS) is 12.0. The van der Waals surface area contributed by atoms with Crippen molar-refractivity contribution in [1.29, 1.82) is 0 Å². The zero-order valence-corrected chi connectivity index (χ0v) is 28.9. The fraction of sp³-hybridized carbons (Fsp3) is 0.125. The van der Waals surface area contributed by atoms with Crippen LogP contribution in [0.2, 0.25) is 0 Å². The molecule has 2 heterocycles. The number of ether oxygens (including phenoxy) is 3. The van der Waals surface area contributed by atoms with E-state index in [1.165, 1.54) is 29.0 Å². The molecule has 2 aromatic heterocycles. The third-order valence-corrected chi connectivity index (χ3v) is 8.70. The van der Waals surface area contributed by atoms with Gasteiger partial charge >= 0.3 is 18.0 Å². The Bertz CT molecular complexity index is 2070. The minimum Gasteiger partial charge on any atom is -0.477 e. The van der Waals surface area contributed by atoms with Gasteiger partial charge in [-0.3, -0.25) is 5.21 Å². The second-order valence-electron chi connectivity index (χ2n) is 11.4. The average Bonchev–Trinajstić information content (AvgIpc) is 3.61. The molecule has 0 saturated heterocycles. The highest BCUT2D eigenvalue weighted by atomic mass is 32.1. The Morgan fingerprint density at radius 1 is 0.750 bits per heavy atom. The molecule has 1 unspecified atom stereocenters. The van der Waals surface area contributed by atoms with Crippen molar-refractivity contribution in [1.82, 2.24) is 4.98 Å². The van der Waals surface area contributed by atoms with Gasteiger partial charge in [0.1, 0.15) is 17.9 Å². The predicted octanol–water partition coefficient (Wildman–Crippen LogP) is 7.03. The van der Waals surface area contributed by atoms with Crippen LogP contribution in [0.5, 0.6) is 11.5 Å². The maximum atomic E-state index is 13.2. The monoisotopic (exact) mass is 716 g/mol. The van der Waals surface area contributed by atoms with E-state index in [1.54, 1.807) is 6.92 Å². The van der Waals surface area contributed by atoms with Crippen molar-refractivity contribution >= 4 is 29.0 Å². The van der Waals surface area contributed by atoms with Crippen LogP contribution in [-0.2, 0) is 19.2 Å². The highest BCUT2D eigenvalue weighted by Gasteiger charge is 2.38. The summed E-state index contributed by atoms with van der Waals surface area (Å²) in [6, 6.07) is 39.6. The minimum atomic E-state index is -1.74. The lowest BCUT2D eigenvalue weighted by Gasteiger charge is -2.24. The summed E-state index contributed by atoms with van der Waals surface area (Å²) in [5.41, 5.74) is 2.62. The number of aromatic nitrogens is 2. The summed E-state index contributed by atoms with van der Waals surface area (Å²) in [6.45, 7) is 1.71. The second kappa shape index (κ2) is 16.5. The van der Waals surface area contributed by atoms with Gasteiger partial charge in [0.2, 0.25) is 11.5 Å². The molecular formula is C40H34N3O8S+. The van der Waals surface area contributed by atoms with Crippen LogP contribution in [0.4, 0.5) is 0 Å². The topological polar surface area (TPSA) is 141 Å². The van der Waals surface area contributed by atoms with E-state index >= 15 is 0 Å². The van der Waals surface area contributed by atoms with E-state index in [4.69, 9.17) is 19.0 Å². The molecule has 0 saturated carbocycles. The van der Waals surface area contributed by atoms with Crippen LogP contribution in [0.3, 0.4) is 0 Å². The van der Waals surface area contributed by atoms with E-state index in [-0.39, 0.29) is 22.9 Å². The first-order chi connectivity index (χ1) is 25.3. The summed E-state index contributed by atoms with van der Waals surface area (Å²) < 4.78 is 19.1. The molecule has 0 radical (unpaired) electrons. The number of nitrogens with zero attached hydrogens (tertiary/aromatic N) is 3. The molecule has 2 N–H and O–H groups in total. The first-order valence-electron chi connectivity index (χ1n) is 16.1. The smallest absolute Gasteiger partial charge is 0.361 e. The number of oxime groups is 1. The van der Waals surface area contributed by atoms with Gasteiger partial charge in [-0.2, -0.15) is 0 Å². The first kappa shape index (κ1) is 35.3. The van der Waals surface area contributed by atoms with Crippen LogP contribution in [0.1, 0.15) is 57.0 Å². The van der Waals surface area contributed by atoms with Crippen molar-refractivity contribution in [2.45, 2.75) is 25.2 Å². The van der Waals surface area contributed by atoms with Crippen LogP contribution in [0.15, 0.2) is 144 Å². The number of aryl methyl sites for hydroxylation is 1. The molecule has 0 aliphatic heterocycles. The van der Waals surface area contributed by atoms with Gasteiger partial charge in [-0.05, 0) is 29.2 Å². The highest BCUT2D eigenvalue weighted by Crippen LogP contribution is 2.39. The van der Waals surface area contributed by atoms with Crippen molar-refractivity contribution in [2.24, 2.45) is 5.16 Å². The fourth-order valence-electron chi connectivity index (χ4n) is 5.42. The van der Waals surface area contributed by atoms with Crippen LogP contribution in [-0.4, -0.2) is 40.1 Å². The Labute approximate surface area is 303 Å². The molecule has 0 fully saturated rings. The molecular weight excluding hydrogens is 683 g/mol. The molecule has 0 aliphatic carbocycles. The molecule has 52 heavy (non-hydrogen) atoms. The van der Waals surface area contributed by atoms with E-state index < -0.39 is 36.0 Å².